The summed E-state index contributed by atoms with van der Waals surface area (Å²) in [5.74, 6) is -1.06. The van der Waals surface area contributed by atoms with Crippen LogP contribution < -0.4 is 0 Å². The Hall–Kier alpha value is -2.56. The van der Waals surface area contributed by atoms with Gasteiger partial charge in [0.15, 0.2) is 0 Å². The summed E-state index contributed by atoms with van der Waals surface area (Å²) >= 11 is 0. The average Bonchev–Trinajstić information content (AvgIpc) is 3.00. The summed E-state index contributed by atoms with van der Waals surface area (Å²) in [6, 6.07) is 9.28. The molecule has 1 unspecified atom stereocenters. The van der Waals surface area contributed by atoms with Crippen LogP contribution in [0.3, 0.4) is 0 Å². The predicted octanol–water partition coefficient (Wildman–Crippen LogP) is 3.40. The van der Waals surface area contributed by atoms with Crippen LogP contribution in [-0.2, 0) is 14.3 Å². The third-order valence-electron chi connectivity index (χ3n) is 3.50. The minimum atomic E-state index is -0.571. The molecule has 116 valence electrons. The van der Waals surface area contributed by atoms with Crippen LogP contribution in [0.2, 0.25) is 0 Å². The van der Waals surface area contributed by atoms with Crippen LogP contribution in [0.5, 0.6) is 0 Å². The molecule has 0 fully saturated rings. The third kappa shape index (κ3) is 2.88. The number of carbonyl (C=O) groups is 2. The molecule has 2 aromatic rings. The molecule has 0 radical (unpaired) electrons. The number of rotatable bonds is 5. The molecule has 0 saturated carbocycles. The Morgan fingerprint density at radius 3 is 2.36 bits per heavy atom. The maximum absolute atomic E-state index is 12.0. The van der Waals surface area contributed by atoms with Gasteiger partial charge < -0.3 is 13.9 Å². The largest absolute Gasteiger partial charge is 0.468 e. The molecule has 0 bridgehead atoms. The summed E-state index contributed by atoms with van der Waals surface area (Å²) < 4.78 is 15.2. The third-order valence-corrected chi connectivity index (χ3v) is 3.50. The minimum Gasteiger partial charge on any atom is -0.468 e. The quantitative estimate of drug-likeness (QED) is 0.792. The normalized spacial score (nSPS) is 11.8. The first kappa shape index (κ1) is 15.8. The lowest BCUT2D eigenvalue weighted by Gasteiger charge is -2.13. The Kier molecular flexibility index (Phi) is 4.99. The van der Waals surface area contributed by atoms with Crippen molar-refractivity contribution in [3.8, 4) is 11.1 Å². The highest BCUT2D eigenvalue weighted by Crippen LogP contribution is 2.36. The second kappa shape index (κ2) is 6.93. The van der Waals surface area contributed by atoms with E-state index in [1.54, 1.807) is 0 Å². The molecule has 2 rings (SSSR count). The summed E-state index contributed by atoms with van der Waals surface area (Å²) in [7, 11) is 2.64. The number of furan rings is 1. The van der Waals surface area contributed by atoms with Crippen LogP contribution >= 0.6 is 0 Å². The first-order valence-electron chi connectivity index (χ1n) is 6.96. The molecular weight excluding hydrogens is 284 g/mol. The molecule has 0 amide bonds. The first-order chi connectivity index (χ1) is 10.6. The SMILES string of the molecule is CCC(C(=O)OC)c1occ(C(=O)OC)c1-c1ccccc1. The monoisotopic (exact) mass is 302 g/mol. The van der Waals surface area contributed by atoms with Gasteiger partial charge in [-0.15, -0.1) is 0 Å². The van der Waals surface area contributed by atoms with Crippen molar-refractivity contribution < 1.29 is 23.5 Å². The minimum absolute atomic E-state index is 0.297. The van der Waals surface area contributed by atoms with E-state index in [-0.39, 0.29) is 0 Å². The number of esters is 2. The molecule has 5 heteroatoms. The van der Waals surface area contributed by atoms with Gasteiger partial charge in [0.2, 0.25) is 0 Å². The fraction of sp³-hybridized carbons (Fsp3) is 0.294. The van der Waals surface area contributed by atoms with Crippen molar-refractivity contribution in [2.24, 2.45) is 0 Å². The van der Waals surface area contributed by atoms with Crippen LogP contribution in [-0.4, -0.2) is 26.2 Å². The Labute approximate surface area is 128 Å². The maximum Gasteiger partial charge on any atom is 0.341 e. The van der Waals surface area contributed by atoms with E-state index < -0.39 is 17.9 Å². The summed E-state index contributed by atoms with van der Waals surface area (Å²) in [5, 5.41) is 0. The van der Waals surface area contributed by atoms with Crippen LogP contribution in [0.15, 0.2) is 41.0 Å². The molecule has 0 aliphatic heterocycles. The van der Waals surface area contributed by atoms with Crippen LogP contribution in [0.4, 0.5) is 0 Å². The summed E-state index contributed by atoms with van der Waals surface area (Å²) in [5.41, 5.74) is 1.66. The number of hydrogen-bond donors (Lipinski definition) is 0. The molecular formula is C17H18O5. The van der Waals surface area contributed by atoms with Crippen LogP contribution in [0, 0.1) is 0 Å². The number of hydrogen-bond acceptors (Lipinski definition) is 5. The molecule has 0 aliphatic rings. The average molecular weight is 302 g/mol. The summed E-state index contributed by atoms with van der Waals surface area (Å²) in [6.07, 6.45) is 1.83. The van der Waals surface area contributed by atoms with Gasteiger partial charge in [-0.2, -0.15) is 0 Å². The van der Waals surface area contributed by atoms with Crippen molar-refractivity contribution in [3.63, 3.8) is 0 Å². The van der Waals surface area contributed by atoms with Gasteiger partial charge in [0.05, 0.1) is 14.2 Å². The second-order valence-corrected chi connectivity index (χ2v) is 4.73. The number of benzene rings is 1. The first-order valence-corrected chi connectivity index (χ1v) is 6.96. The van der Waals surface area contributed by atoms with Gasteiger partial charge in [0.25, 0.3) is 0 Å². The molecule has 0 aliphatic carbocycles. The van der Waals surface area contributed by atoms with Crippen molar-refractivity contribution in [3.05, 3.63) is 47.9 Å². The Morgan fingerprint density at radius 2 is 1.82 bits per heavy atom. The zero-order chi connectivity index (χ0) is 16.1. The zero-order valence-electron chi connectivity index (χ0n) is 12.8. The van der Waals surface area contributed by atoms with Gasteiger partial charge in [-0.25, -0.2) is 4.79 Å². The molecule has 1 heterocycles. The summed E-state index contributed by atoms with van der Waals surface area (Å²) in [6.45, 7) is 1.86. The van der Waals surface area contributed by atoms with Gasteiger partial charge in [0, 0.05) is 5.56 Å². The predicted molar refractivity (Wildman–Crippen MR) is 80.5 cm³/mol. The molecule has 22 heavy (non-hydrogen) atoms. The van der Waals surface area contributed by atoms with E-state index >= 15 is 0 Å². The highest BCUT2D eigenvalue weighted by Gasteiger charge is 2.30. The van der Waals surface area contributed by atoms with Crippen molar-refractivity contribution >= 4 is 11.9 Å². The Bertz CT molecular complexity index is 657. The number of ether oxygens (including phenoxy) is 2. The topological polar surface area (TPSA) is 65.7 Å². The van der Waals surface area contributed by atoms with Crippen molar-refractivity contribution in [2.45, 2.75) is 19.3 Å². The highest BCUT2D eigenvalue weighted by atomic mass is 16.5. The van der Waals surface area contributed by atoms with E-state index in [1.165, 1.54) is 20.5 Å². The lowest BCUT2D eigenvalue weighted by Crippen LogP contribution is -2.14. The molecule has 1 atom stereocenters. The van der Waals surface area contributed by atoms with Gasteiger partial charge >= 0.3 is 11.9 Å². The number of carbonyl (C=O) groups excluding carboxylic acids is 2. The van der Waals surface area contributed by atoms with Gasteiger partial charge in [-0.1, -0.05) is 37.3 Å². The van der Waals surface area contributed by atoms with E-state index in [9.17, 15) is 9.59 Å². The highest BCUT2D eigenvalue weighted by molar-refractivity contribution is 5.98. The fourth-order valence-corrected chi connectivity index (χ4v) is 2.39. The Balaban J connectivity index is 2.63. The maximum atomic E-state index is 12.0. The van der Waals surface area contributed by atoms with E-state index in [1.807, 2.05) is 37.3 Å². The van der Waals surface area contributed by atoms with Crippen LogP contribution in [0.1, 0.15) is 35.4 Å². The molecule has 5 nitrogen and oxygen atoms in total. The fourth-order valence-electron chi connectivity index (χ4n) is 2.39. The van der Waals surface area contributed by atoms with Crippen molar-refractivity contribution in [1.29, 1.82) is 0 Å². The van der Waals surface area contributed by atoms with Gasteiger partial charge in [0.1, 0.15) is 23.5 Å². The van der Waals surface area contributed by atoms with Crippen molar-refractivity contribution in [2.75, 3.05) is 14.2 Å². The zero-order valence-corrected chi connectivity index (χ0v) is 12.8. The molecule has 0 spiro atoms. The second-order valence-electron chi connectivity index (χ2n) is 4.73. The lowest BCUT2D eigenvalue weighted by atomic mass is 9.93. The molecule has 1 aromatic heterocycles. The molecule has 0 N–H and O–H groups in total. The van der Waals surface area contributed by atoms with E-state index in [2.05, 4.69) is 0 Å². The van der Waals surface area contributed by atoms with Gasteiger partial charge in [-0.05, 0) is 12.0 Å². The molecule has 0 saturated heterocycles. The Morgan fingerprint density at radius 1 is 1.14 bits per heavy atom. The van der Waals surface area contributed by atoms with Crippen LogP contribution in [0.25, 0.3) is 11.1 Å². The standard InChI is InChI=1S/C17H18O5/c1-4-12(16(18)20-2)15-14(11-8-6-5-7-9-11)13(10-22-15)17(19)21-3/h5-10,12H,4H2,1-3H3. The summed E-state index contributed by atoms with van der Waals surface area (Å²) in [4.78, 5) is 24.0. The number of methoxy groups -OCH3 is 2. The molecule has 1 aromatic carbocycles. The van der Waals surface area contributed by atoms with E-state index in [4.69, 9.17) is 13.9 Å². The lowest BCUT2D eigenvalue weighted by molar-refractivity contribution is -0.142. The van der Waals surface area contributed by atoms with Gasteiger partial charge in [-0.3, -0.25) is 4.79 Å². The van der Waals surface area contributed by atoms with E-state index in [0.29, 0.717) is 23.3 Å². The van der Waals surface area contributed by atoms with Crippen molar-refractivity contribution in [1.82, 2.24) is 0 Å². The smallest absolute Gasteiger partial charge is 0.341 e. The van der Waals surface area contributed by atoms with E-state index in [0.717, 1.165) is 5.56 Å².